The molecular weight excluding hydrogens is 524 g/mol. The predicted molar refractivity (Wildman–Crippen MR) is 144 cm³/mol. The van der Waals surface area contributed by atoms with Crippen LogP contribution >= 0.6 is 11.6 Å². The summed E-state index contributed by atoms with van der Waals surface area (Å²) in [6, 6.07) is 1.49. The van der Waals surface area contributed by atoms with Gasteiger partial charge in [0.25, 0.3) is 5.91 Å². The van der Waals surface area contributed by atoms with Crippen LogP contribution in [0.1, 0.15) is 68.1 Å². The van der Waals surface area contributed by atoms with Gasteiger partial charge in [0.2, 0.25) is 5.78 Å². The molecule has 0 radical (unpaired) electrons. The van der Waals surface area contributed by atoms with Gasteiger partial charge in [-0.15, -0.1) is 0 Å². The van der Waals surface area contributed by atoms with Gasteiger partial charge in [0.1, 0.15) is 22.8 Å². The van der Waals surface area contributed by atoms with E-state index in [2.05, 4.69) is 4.90 Å². The summed E-state index contributed by atoms with van der Waals surface area (Å²) in [4.78, 5) is 40.0. The summed E-state index contributed by atoms with van der Waals surface area (Å²) >= 11 is 6.83. The number of carbonyl (C=O) groups excluding carboxylic acids is 3. The van der Waals surface area contributed by atoms with E-state index in [1.807, 2.05) is 7.05 Å². The first-order chi connectivity index (χ1) is 18.4. The van der Waals surface area contributed by atoms with E-state index in [-0.39, 0.29) is 36.1 Å². The van der Waals surface area contributed by atoms with Crippen LogP contribution in [0.25, 0.3) is 5.76 Å². The molecule has 10 heteroatoms. The zero-order chi connectivity index (χ0) is 28.2. The Hall–Kier alpha value is -2.88. The fourth-order valence-electron chi connectivity index (χ4n) is 7.09. The molecule has 2 saturated carbocycles. The number of phenols is 1. The third kappa shape index (κ3) is 4.54. The molecule has 0 aromatic heterocycles. The van der Waals surface area contributed by atoms with Crippen molar-refractivity contribution in [3.8, 4) is 5.75 Å². The van der Waals surface area contributed by atoms with Crippen molar-refractivity contribution in [2.75, 3.05) is 13.6 Å². The number of nitrogens with two attached hydrogens (primary N) is 1. The molecule has 4 aliphatic rings. The van der Waals surface area contributed by atoms with Crippen LogP contribution in [-0.2, 0) is 27.3 Å². The number of benzene rings is 1. The molecule has 2 fully saturated rings. The highest BCUT2D eigenvalue weighted by atomic mass is 35.5. The lowest BCUT2D eigenvalue weighted by Gasteiger charge is -2.46. The highest BCUT2D eigenvalue weighted by Gasteiger charge is 2.60. The summed E-state index contributed by atoms with van der Waals surface area (Å²) in [5.41, 5.74) is 2.89. The maximum Gasteiger partial charge on any atom is 0.255 e. The summed E-state index contributed by atoms with van der Waals surface area (Å²) < 4.78 is 0. The number of nitrogens with zero attached hydrogens (tertiary/aromatic N) is 1. The highest BCUT2D eigenvalue weighted by Crippen LogP contribution is 2.53. The predicted octanol–water partition coefficient (Wildman–Crippen LogP) is 3.48. The van der Waals surface area contributed by atoms with Crippen molar-refractivity contribution in [3.05, 3.63) is 44.7 Å². The molecule has 210 valence electrons. The van der Waals surface area contributed by atoms with Crippen LogP contribution in [-0.4, -0.2) is 62.0 Å². The molecule has 5 rings (SSSR count). The second-order valence-electron chi connectivity index (χ2n) is 11.7. The first-order valence-electron chi connectivity index (χ1n) is 13.6. The van der Waals surface area contributed by atoms with Gasteiger partial charge in [-0.05, 0) is 61.9 Å². The van der Waals surface area contributed by atoms with Gasteiger partial charge in [-0.2, -0.15) is 0 Å². The van der Waals surface area contributed by atoms with Crippen molar-refractivity contribution in [2.45, 2.75) is 69.9 Å². The van der Waals surface area contributed by atoms with Crippen molar-refractivity contribution >= 4 is 34.8 Å². The molecule has 0 saturated heterocycles. The Labute approximate surface area is 231 Å². The lowest BCUT2D eigenvalue weighted by Crippen LogP contribution is -2.58. The molecule has 1 aromatic carbocycles. The minimum atomic E-state index is -2.57. The summed E-state index contributed by atoms with van der Waals surface area (Å²) in [6.07, 6.45) is 7.44. The van der Waals surface area contributed by atoms with E-state index in [1.54, 1.807) is 0 Å². The normalized spacial score (nSPS) is 27.5. The van der Waals surface area contributed by atoms with Gasteiger partial charge in [0, 0.05) is 29.5 Å². The zero-order valence-electron chi connectivity index (χ0n) is 22.0. The number of hydrogen-bond donors (Lipinski definition) is 5. The molecule has 39 heavy (non-hydrogen) atoms. The van der Waals surface area contributed by atoms with Crippen LogP contribution in [0.2, 0.25) is 5.02 Å². The van der Waals surface area contributed by atoms with Crippen LogP contribution < -0.4 is 5.73 Å². The van der Waals surface area contributed by atoms with E-state index < -0.39 is 52.0 Å². The summed E-state index contributed by atoms with van der Waals surface area (Å²) in [5, 5.41) is 44.5. The second-order valence-corrected chi connectivity index (χ2v) is 12.0. The van der Waals surface area contributed by atoms with Crippen molar-refractivity contribution in [2.24, 2.45) is 23.5 Å². The van der Waals surface area contributed by atoms with E-state index in [4.69, 9.17) is 17.3 Å². The number of ketones is 2. The number of aliphatic hydroxyl groups excluding tert-OH is 2. The Kier molecular flexibility index (Phi) is 7.28. The molecule has 4 aliphatic carbocycles. The quantitative estimate of drug-likeness (QED) is 0.331. The Bertz CT molecular complexity index is 1310. The molecule has 1 unspecified atom stereocenters. The maximum absolute atomic E-state index is 13.6. The van der Waals surface area contributed by atoms with E-state index in [0.29, 0.717) is 22.7 Å². The third-order valence-corrected chi connectivity index (χ3v) is 9.63. The lowest BCUT2D eigenvalue weighted by atomic mass is 9.59. The number of phenolic OH excluding ortho intramolecular Hbond substituents is 1. The second kappa shape index (κ2) is 10.3. The average molecular weight is 559 g/mol. The molecule has 1 amide bonds. The molecule has 9 nitrogen and oxygen atoms in total. The molecule has 6 N–H and O–H groups in total. The molecule has 0 spiro atoms. The smallest absolute Gasteiger partial charge is 0.255 e. The number of Topliss-reactive ketones (excluding diaryl/α,β-unsaturated/α-hetero) is 2. The van der Waals surface area contributed by atoms with E-state index >= 15 is 0 Å². The summed E-state index contributed by atoms with van der Waals surface area (Å²) in [7, 11) is 2.01. The van der Waals surface area contributed by atoms with Crippen LogP contribution in [0.4, 0.5) is 0 Å². The summed E-state index contributed by atoms with van der Waals surface area (Å²) in [6.45, 7) is 1.39. The van der Waals surface area contributed by atoms with Crippen molar-refractivity contribution in [3.63, 3.8) is 0 Å². The van der Waals surface area contributed by atoms with Crippen LogP contribution in [0.3, 0.4) is 0 Å². The topological polar surface area (TPSA) is 161 Å². The SMILES string of the molecule is CN(CCC1CCCCC1)Cc1cc(O)c2c(c1Cl)CC1C[C@H]3CC(=O)C(C(N)=O)=C(O)[C@@]3(O)C(=O)C1=C2O. The van der Waals surface area contributed by atoms with Crippen LogP contribution in [0.5, 0.6) is 5.75 Å². The molecule has 3 atom stereocenters. The first kappa shape index (κ1) is 27.7. The fourth-order valence-corrected chi connectivity index (χ4v) is 7.37. The molecule has 1 aromatic rings. The van der Waals surface area contributed by atoms with Gasteiger partial charge in [0.15, 0.2) is 11.4 Å². The number of primary amides is 1. The Morgan fingerprint density at radius 3 is 2.51 bits per heavy atom. The van der Waals surface area contributed by atoms with Crippen LogP contribution in [0.15, 0.2) is 23.0 Å². The van der Waals surface area contributed by atoms with Gasteiger partial charge < -0.3 is 31.1 Å². The van der Waals surface area contributed by atoms with E-state index in [0.717, 1.165) is 18.9 Å². The lowest BCUT2D eigenvalue weighted by molar-refractivity contribution is -0.147. The number of aliphatic hydroxyl groups is 3. The van der Waals surface area contributed by atoms with Crippen molar-refractivity contribution in [1.29, 1.82) is 0 Å². The van der Waals surface area contributed by atoms with Crippen molar-refractivity contribution < 1.29 is 34.8 Å². The minimum Gasteiger partial charge on any atom is -0.508 e. The number of fused-ring (bicyclic) bond motifs is 3. The number of aromatic hydroxyl groups is 1. The first-order valence-corrected chi connectivity index (χ1v) is 14.0. The number of rotatable bonds is 6. The van der Waals surface area contributed by atoms with Gasteiger partial charge in [-0.25, -0.2) is 0 Å². The van der Waals surface area contributed by atoms with Gasteiger partial charge >= 0.3 is 0 Å². The zero-order valence-corrected chi connectivity index (χ0v) is 22.8. The number of halogens is 1. The van der Waals surface area contributed by atoms with Gasteiger partial charge in [-0.1, -0.05) is 43.7 Å². The number of hydrogen-bond acceptors (Lipinski definition) is 8. The Balaban J connectivity index is 1.46. The minimum absolute atomic E-state index is 0.0146. The maximum atomic E-state index is 13.6. The third-order valence-electron chi connectivity index (χ3n) is 9.16. The molecule has 0 aliphatic heterocycles. The Morgan fingerprint density at radius 1 is 1.15 bits per heavy atom. The average Bonchev–Trinajstić information content (AvgIpc) is 2.88. The van der Waals surface area contributed by atoms with Crippen molar-refractivity contribution in [1.82, 2.24) is 4.90 Å². The number of amides is 1. The van der Waals surface area contributed by atoms with Crippen LogP contribution in [0, 0.1) is 17.8 Å². The van der Waals surface area contributed by atoms with Gasteiger partial charge in [-0.3, -0.25) is 14.4 Å². The highest BCUT2D eigenvalue weighted by molar-refractivity contribution is 6.32. The monoisotopic (exact) mass is 558 g/mol. The molecule has 0 bridgehead atoms. The standard InChI is InChI=1S/C29H35ClN2O7/c1-32(8-7-14-5-3-2-4-6-14)13-16-11-19(33)22-18(24(16)30)10-15-9-17-12-20(34)23(28(31)38)27(37)29(17,39)26(36)21(15)25(22)35/h11,14-15,17,33,35,37,39H,2-10,12-13H2,1H3,(H2,31,38)/t15?,17-,29-/m0/s1. The van der Waals surface area contributed by atoms with E-state index in [1.165, 1.54) is 38.2 Å². The van der Waals surface area contributed by atoms with E-state index in [9.17, 15) is 34.8 Å². The Morgan fingerprint density at radius 2 is 1.85 bits per heavy atom. The molecular formula is C29H35ClN2O7. The fraction of sp³-hybridized carbons (Fsp3) is 0.552. The summed E-state index contributed by atoms with van der Waals surface area (Å²) in [5.74, 6) is -5.75. The number of carbonyl (C=O) groups is 3. The molecule has 0 heterocycles. The largest absolute Gasteiger partial charge is 0.508 e. The van der Waals surface area contributed by atoms with Gasteiger partial charge in [0.05, 0.1) is 5.56 Å².